The van der Waals surface area contributed by atoms with Gasteiger partial charge in [0.05, 0.1) is 19.7 Å². The van der Waals surface area contributed by atoms with Crippen molar-refractivity contribution in [2.24, 2.45) is 4.99 Å². The van der Waals surface area contributed by atoms with Gasteiger partial charge in [-0.1, -0.05) is 36.4 Å². The molecule has 0 aromatic heterocycles. The van der Waals surface area contributed by atoms with Gasteiger partial charge in [0.15, 0.2) is 5.96 Å². The summed E-state index contributed by atoms with van der Waals surface area (Å²) in [5, 5.41) is 6.99. The fourth-order valence-corrected chi connectivity index (χ4v) is 4.16. The van der Waals surface area contributed by atoms with Crippen molar-refractivity contribution >= 4 is 5.96 Å². The predicted octanol–water partition coefficient (Wildman–Crippen LogP) is 3.65. The van der Waals surface area contributed by atoms with Crippen LogP contribution in [-0.2, 0) is 13.1 Å². The Balaban J connectivity index is 1.65. The van der Waals surface area contributed by atoms with Gasteiger partial charge < -0.3 is 20.3 Å². The van der Waals surface area contributed by atoms with E-state index >= 15 is 0 Å². The van der Waals surface area contributed by atoms with Crippen molar-refractivity contribution in [3.8, 4) is 5.75 Å². The molecule has 1 aliphatic rings. The van der Waals surface area contributed by atoms with Crippen LogP contribution in [0.2, 0.25) is 0 Å². The summed E-state index contributed by atoms with van der Waals surface area (Å²) in [4.78, 5) is 9.59. The van der Waals surface area contributed by atoms with Crippen LogP contribution in [0.15, 0.2) is 53.5 Å². The van der Waals surface area contributed by atoms with Crippen LogP contribution in [0.1, 0.15) is 42.5 Å². The van der Waals surface area contributed by atoms with Crippen molar-refractivity contribution in [2.75, 3.05) is 47.4 Å². The number of benzene rings is 2. The zero-order valence-corrected chi connectivity index (χ0v) is 20.1. The van der Waals surface area contributed by atoms with E-state index in [9.17, 15) is 0 Å². The Bertz CT molecular complexity index is 826. The number of hydrogen-bond donors (Lipinski definition) is 2. The van der Waals surface area contributed by atoms with Gasteiger partial charge in [0.2, 0.25) is 0 Å². The second kappa shape index (κ2) is 12.5. The minimum Gasteiger partial charge on any atom is -0.497 e. The molecule has 1 atom stereocenters. The summed E-state index contributed by atoms with van der Waals surface area (Å²) in [5.74, 6) is 1.76. The number of rotatable bonds is 10. The largest absolute Gasteiger partial charge is 0.497 e. The maximum atomic E-state index is 5.34. The first-order chi connectivity index (χ1) is 15.6. The highest BCUT2D eigenvalue weighted by atomic mass is 16.5. The van der Waals surface area contributed by atoms with Gasteiger partial charge in [0.1, 0.15) is 5.75 Å². The average molecular weight is 438 g/mol. The van der Waals surface area contributed by atoms with Crippen molar-refractivity contribution in [3.63, 3.8) is 0 Å². The van der Waals surface area contributed by atoms with Gasteiger partial charge in [-0.2, -0.15) is 0 Å². The number of methoxy groups -OCH3 is 1. The third kappa shape index (κ3) is 7.24. The standard InChI is InChI=1S/C26H39N5O/c1-5-27-26(28-18-21-8-10-22(11-9-21)20-30(2)3)29-19-25(31-16-6-7-17-31)23-12-14-24(32-4)15-13-23/h8-15,25H,5-7,16-20H2,1-4H3,(H2,27,28,29). The van der Waals surface area contributed by atoms with Crippen LogP contribution in [0.25, 0.3) is 0 Å². The first-order valence-corrected chi connectivity index (χ1v) is 11.7. The van der Waals surface area contributed by atoms with Crippen molar-refractivity contribution in [2.45, 2.75) is 38.9 Å². The highest BCUT2D eigenvalue weighted by Crippen LogP contribution is 2.26. The maximum Gasteiger partial charge on any atom is 0.191 e. The molecule has 0 bridgehead atoms. The van der Waals surface area contributed by atoms with Gasteiger partial charge in [-0.25, -0.2) is 4.99 Å². The molecular formula is C26H39N5O. The first-order valence-electron chi connectivity index (χ1n) is 11.7. The fourth-order valence-electron chi connectivity index (χ4n) is 4.16. The van der Waals surface area contributed by atoms with Gasteiger partial charge in [-0.05, 0) is 75.8 Å². The molecule has 2 aromatic rings. The van der Waals surface area contributed by atoms with Crippen molar-refractivity contribution in [3.05, 3.63) is 65.2 Å². The van der Waals surface area contributed by atoms with Crippen LogP contribution in [0.5, 0.6) is 5.75 Å². The highest BCUT2D eigenvalue weighted by molar-refractivity contribution is 5.79. The van der Waals surface area contributed by atoms with E-state index < -0.39 is 0 Å². The Kier molecular flexibility index (Phi) is 9.38. The van der Waals surface area contributed by atoms with Crippen LogP contribution in [0, 0.1) is 0 Å². The molecule has 0 radical (unpaired) electrons. The molecule has 2 N–H and O–H groups in total. The Morgan fingerprint density at radius 2 is 1.66 bits per heavy atom. The van der Waals surface area contributed by atoms with Gasteiger partial charge in [-0.15, -0.1) is 0 Å². The van der Waals surface area contributed by atoms with Crippen LogP contribution in [0.4, 0.5) is 0 Å². The lowest BCUT2D eigenvalue weighted by Crippen LogP contribution is -2.42. The number of likely N-dealkylation sites (tertiary alicyclic amines) is 1. The SMILES string of the molecule is CCNC(=NCc1ccc(CN(C)C)cc1)NCC(c1ccc(OC)cc1)N1CCCC1. The van der Waals surface area contributed by atoms with Crippen molar-refractivity contribution in [1.82, 2.24) is 20.4 Å². The third-order valence-corrected chi connectivity index (χ3v) is 5.83. The Hall–Kier alpha value is -2.57. The number of nitrogens with one attached hydrogen (secondary N) is 2. The molecule has 32 heavy (non-hydrogen) atoms. The van der Waals surface area contributed by atoms with E-state index in [2.05, 4.69) is 90.0 Å². The second-order valence-corrected chi connectivity index (χ2v) is 8.66. The zero-order chi connectivity index (χ0) is 22.8. The molecule has 1 aliphatic heterocycles. The Morgan fingerprint density at radius 3 is 2.25 bits per heavy atom. The lowest BCUT2D eigenvalue weighted by atomic mass is 10.1. The normalized spacial score (nSPS) is 15.7. The quantitative estimate of drug-likeness (QED) is 0.439. The zero-order valence-electron chi connectivity index (χ0n) is 20.1. The number of guanidine groups is 1. The summed E-state index contributed by atoms with van der Waals surface area (Å²) in [6, 6.07) is 17.5. The number of ether oxygens (including phenoxy) is 1. The number of aliphatic imine (C=N–C) groups is 1. The van der Waals surface area contributed by atoms with E-state index in [1.54, 1.807) is 7.11 Å². The smallest absolute Gasteiger partial charge is 0.191 e. The molecule has 1 fully saturated rings. The van der Waals surface area contributed by atoms with Gasteiger partial charge in [0, 0.05) is 19.6 Å². The lowest BCUT2D eigenvalue weighted by molar-refractivity contribution is 0.245. The predicted molar refractivity (Wildman–Crippen MR) is 133 cm³/mol. The molecule has 0 spiro atoms. The summed E-state index contributed by atoms with van der Waals surface area (Å²) in [7, 11) is 5.89. The minimum absolute atomic E-state index is 0.317. The fraction of sp³-hybridized carbons (Fsp3) is 0.500. The molecular weight excluding hydrogens is 398 g/mol. The maximum absolute atomic E-state index is 5.34. The summed E-state index contributed by atoms with van der Waals surface area (Å²) in [6.45, 7) is 7.67. The van der Waals surface area contributed by atoms with Gasteiger partial charge >= 0.3 is 0 Å². The van der Waals surface area contributed by atoms with Gasteiger partial charge in [0.25, 0.3) is 0 Å². The van der Waals surface area contributed by atoms with E-state index in [4.69, 9.17) is 9.73 Å². The summed E-state index contributed by atoms with van der Waals surface area (Å²) >= 11 is 0. The van der Waals surface area contributed by atoms with Crippen LogP contribution in [0.3, 0.4) is 0 Å². The van der Waals surface area contributed by atoms with Crippen molar-refractivity contribution in [1.29, 1.82) is 0 Å². The monoisotopic (exact) mass is 437 g/mol. The number of hydrogen-bond acceptors (Lipinski definition) is 4. The molecule has 6 nitrogen and oxygen atoms in total. The van der Waals surface area contributed by atoms with Gasteiger partial charge in [-0.3, -0.25) is 4.90 Å². The molecule has 1 heterocycles. The molecule has 0 saturated carbocycles. The Morgan fingerprint density at radius 1 is 1.00 bits per heavy atom. The van der Waals surface area contributed by atoms with E-state index in [0.717, 1.165) is 44.4 Å². The van der Waals surface area contributed by atoms with E-state index in [-0.39, 0.29) is 0 Å². The topological polar surface area (TPSA) is 52.1 Å². The molecule has 174 valence electrons. The van der Waals surface area contributed by atoms with E-state index in [1.807, 2.05) is 0 Å². The number of nitrogens with zero attached hydrogens (tertiary/aromatic N) is 3. The van der Waals surface area contributed by atoms with Crippen molar-refractivity contribution < 1.29 is 4.74 Å². The molecule has 2 aromatic carbocycles. The second-order valence-electron chi connectivity index (χ2n) is 8.66. The molecule has 3 rings (SSSR count). The summed E-state index contributed by atoms with van der Waals surface area (Å²) in [6.07, 6.45) is 2.54. The molecule has 0 amide bonds. The molecule has 1 unspecified atom stereocenters. The third-order valence-electron chi connectivity index (χ3n) is 5.83. The van der Waals surface area contributed by atoms with E-state index in [1.165, 1.54) is 29.5 Å². The highest BCUT2D eigenvalue weighted by Gasteiger charge is 2.23. The van der Waals surface area contributed by atoms with E-state index in [0.29, 0.717) is 12.6 Å². The van der Waals surface area contributed by atoms with Crippen LogP contribution in [-0.4, -0.2) is 63.1 Å². The average Bonchev–Trinajstić information content (AvgIpc) is 3.33. The molecule has 1 saturated heterocycles. The molecule has 0 aliphatic carbocycles. The summed E-state index contributed by atoms with van der Waals surface area (Å²) < 4.78 is 5.34. The minimum atomic E-state index is 0.317. The molecule has 6 heteroatoms. The first kappa shape index (κ1) is 24.1. The van der Waals surface area contributed by atoms with Crippen LogP contribution < -0.4 is 15.4 Å². The summed E-state index contributed by atoms with van der Waals surface area (Å²) in [5.41, 5.74) is 3.85. The lowest BCUT2D eigenvalue weighted by Gasteiger charge is -2.29. The van der Waals surface area contributed by atoms with Crippen LogP contribution >= 0.6 is 0 Å². The Labute approximate surface area is 193 Å².